The van der Waals surface area contributed by atoms with Crippen LogP contribution in [0.5, 0.6) is 0 Å². The first-order valence-electron chi connectivity index (χ1n) is 10.1. The number of hydrogen-bond donors (Lipinski definition) is 4. The minimum absolute atomic E-state index is 0.0119. The van der Waals surface area contributed by atoms with Gasteiger partial charge in [-0.1, -0.05) is 0 Å². The molecule has 2 fully saturated rings. The van der Waals surface area contributed by atoms with Gasteiger partial charge in [-0.3, -0.25) is 24.8 Å². The molecule has 9 nitrogen and oxygen atoms in total. The lowest BCUT2D eigenvalue weighted by atomic mass is 10.1. The van der Waals surface area contributed by atoms with E-state index < -0.39 is 17.8 Å². The van der Waals surface area contributed by atoms with Crippen LogP contribution in [-0.2, 0) is 14.4 Å². The van der Waals surface area contributed by atoms with Crippen LogP contribution >= 0.6 is 0 Å². The number of nitrogens with zero attached hydrogens (tertiary/aromatic N) is 2. The van der Waals surface area contributed by atoms with Crippen LogP contribution in [0, 0.1) is 18.3 Å². The Bertz CT molecular complexity index is 972. The summed E-state index contributed by atoms with van der Waals surface area (Å²) in [6.07, 6.45) is 2.84. The van der Waals surface area contributed by atoms with Gasteiger partial charge in [0.1, 0.15) is 17.6 Å². The van der Waals surface area contributed by atoms with Gasteiger partial charge in [0.2, 0.25) is 11.8 Å². The van der Waals surface area contributed by atoms with Crippen LogP contribution in [-0.4, -0.2) is 58.5 Å². The number of anilines is 1. The van der Waals surface area contributed by atoms with Gasteiger partial charge in [0.05, 0.1) is 25.0 Å². The molecular formula is C21H27FN6O3. The summed E-state index contributed by atoms with van der Waals surface area (Å²) >= 11 is 0. The predicted octanol–water partition coefficient (Wildman–Crippen LogP) is 1.02. The molecule has 3 rings (SSSR count). The Morgan fingerprint density at radius 2 is 2.00 bits per heavy atom. The predicted molar refractivity (Wildman–Crippen MR) is 113 cm³/mol. The van der Waals surface area contributed by atoms with Crippen molar-refractivity contribution >= 4 is 29.1 Å². The quantitative estimate of drug-likeness (QED) is 0.456. The molecule has 1 saturated carbocycles. The van der Waals surface area contributed by atoms with Crippen molar-refractivity contribution in [3.8, 4) is 0 Å². The molecule has 3 atom stereocenters. The molecule has 1 aromatic heterocycles. The van der Waals surface area contributed by atoms with Gasteiger partial charge in [-0.15, -0.1) is 0 Å². The van der Waals surface area contributed by atoms with E-state index in [1.54, 1.807) is 31.7 Å². The highest BCUT2D eigenvalue weighted by Gasteiger charge is 2.55. The summed E-state index contributed by atoms with van der Waals surface area (Å²) in [6.45, 7) is 4.63. The number of nitrogens with two attached hydrogens (primary N) is 1. The molecule has 166 valence electrons. The van der Waals surface area contributed by atoms with Crippen LogP contribution in [0.3, 0.4) is 0 Å². The van der Waals surface area contributed by atoms with E-state index in [9.17, 15) is 18.8 Å². The van der Waals surface area contributed by atoms with Gasteiger partial charge in [-0.2, -0.15) is 0 Å². The van der Waals surface area contributed by atoms with Crippen LogP contribution in [0.2, 0.25) is 0 Å². The van der Waals surface area contributed by atoms with Crippen molar-refractivity contribution in [2.45, 2.75) is 45.7 Å². The Morgan fingerprint density at radius 1 is 1.29 bits per heavy atom. The third kappa shape index (κ3) is 4.89. The van der Waals surface area contributed by atoms with E-state index in [2.05, 4.69) is 15.6 Å². The smallest absolute Gasteiger partial charge is 0.267 e. The molecule has 10 heteroatoms. The second-order valence-corrected chi connectivity index (χ2v) is 8.20. The fourth-order valence-electron chi connectivity index (χ4n) is 3.81. The summed E-state index contributed by atoms with van der Waals surface area (Å²) in [5.41, 5.74) is 6.52. The van der Waals surface area contributed by atoms with E-state index in [-0.39, 0.29) is 48.1 Å². The normalized spacial score (nSPS) is 21.2. The summed E-state index contributed by atoms with van der Waals surface area (Å²) < 4.78 is 13.7. The number of rotatable bonds is 8. The molecule has 3 amide bonds. The fourth-order valence-corrected chi connectivity index (χ4v) is 3.81. The van der Waals surface area contributed by atoms with Crippen molar-refractivity contribution in [2.24, 2.45) is 11.7 Å². The minimum atomic E-state index is -0.888. The van der Waals surface area contributed by atoms with Crippen LogP contribution in [0.25, 0.3) is 0 Å². The summed E-state index contributed by atoms with van der Waals surface area (Å²) in [5, 5.41) is 13.4. The molecule has 5 N–H and O–H groups in total. The molecule has 0 aromatic carbocycles. The monoisotopic (exact) mass is 430 g/mol. The number of fused-ring (bicyclic) bond motifs is 1. The Hall–Kier alpha value is -3.30. The highest BCUT2D eigenvalue weighted by atomic mass is 19.1. The van der Waals surface area contributed by atoms with E-state index in [0.29, 0.717) is 23.4 Å². The average molecular weight is 430 g/mol. The number of allylic oxidation sites excluding steroid dienone is 1. The van der Waals surface area contributed by atoms with E-state index >= 15 is 0 Å². The third-order valence-corrected chi connectivity index (χ3v) is 5.64. The number of primary amides is 1. The summed E-state index contributed by atoms with van der Waals surface area (Å²) in [6, 6.07) is 0.918. The molecule has 1 saturated heterocycles. The van der Waals surface area contributed by atoms with E-state index in [1.807, 2.05) is 0 Å². The first-order chi connectivity index (χ1) is 14.6. The van der Waals surface area contributed by atoms with Gasteiger partial charge >= 0.3 is 0 Å². The van der Waals surface area contributed by atoms with E-state index in [4.69, 9.17) is 11.1 Å². The molecule has 2 aliphatic rings. The second-order valence-electron chi connectivity index (χ2n) is 8.20. The van der Waals surface area contributed by atoms with Crippen molar-refractivity contribution in [1.29, 1.82) is 5.41 Å². The van der Waals surface area contributed by atoms with Crippen LogP contribution < -0.4 is 16.4 Å². The summed E-state index contributed by atoms with van der Waals surface area (Å²) in [4.78, 5) is 42.6. The number of aryl methyl sites for hydroxylation is 1. The molecule has 1 aliphatic carbocycles. The fraction of sp³-hybridized carbons (Fsp3) is 0.476. The number of hydrogen-bond acceptors (Lipinski definition) is 6. The standard InChI is InChI=1S/C21H27FN6O3/c1-10(2)14(22)7-27-21(31)17-6-12-5-16(12)28(17)18(29)9-26-15-8-25-11(3)4-13(15)19(23)20(24)30/h4,8,12,16-17,23,26H,5-7,9H2,1-3H3,(H2,24,30)(H,27,31)/t12-,16-,17+/m1/s1. The van der Waals surface area contributed by atoms with Gasteiger partial charge in [-0.05, 0) is 51.2 Å². The number of aromatic nitrogens is 1. The zero-order chi connectivity index (χ0) is 22.9. The molecule has 1 aromatic rings. The average Bonchev–Trinajstić information content (AvgIpc) is 3.38. The van der Waals surface area contributed by atoms with Crippen LogP contribution in [0.1, 0.15) is 37.9 Å². The minimum Gasteiger partial charge on any atom is -0.374 e. The van der Waals surface area contributed by atoms with E-state index in [1.165, 1.54) is 6.20 Å². The number of piperidine rings is 1. The lowest BCUT2D eigenvalue weighted by molar-refractivity contribution is -0.138. The molecule has 0 bridgehead atoms. The van der Waals surface area contributed by atoms with Crippen LogP contribution in [0.15, 0.2) is 23.7 Å². The number of carbonyl (C=O) groups is 3. The van der Waals surface area contributed by atoms with Crippen molar-refractivity contribution in [1.82, 2.24) is 15.2 Å². The number of likely N-dealkylation sites (tertiary alicyclic amines) is 1. The maximum atomic E-state index is 13.7. The number of nitrogens with one attached hydrogen (secondary N) is 3. The maximum Gasteiger partial charge on any atom is 0.267 e. The molecule has 0 unspecified atom stereocenters. The Morgan fingerprint density at radius 3 is 2.65 bits per heavy atom. The second kappa shape index (κ2) is 8.83. The van der Waals surface area contributed by atoms with Gasteiger partial charge in [0, 0.05) is 17.3 Å². The number of amides is 3. The lowest BCUT2D eigenvalue weighted by Crippen LogP contribution is -2.49. The molecule has 2 heterocycles. The molecule has 31 heavy (non-hydrogen) atoms. The Labute approximate surface area is 179 Å². The highest BCUT2D eigenvalue weighted by Crippen LogP contribution is 2.47. The first kappa shape index (κ1) is 22.4. The summed E-state index contributed by atoms with van der Waals surface area (Å²) in [5.74, 6) is -1.66. The van der Waals surface area contributed by atoms with Gasteiger partial charge in [0.15, 0.2) is 0 Å². The molecule has 1 aliphatic heterocycles. The number of pyridine rings is 1. The number of carbonyl (C=O) groups excluding carboxylic acids is 3. The zero-order valence-corrected chi connectivity index (χ0v) is 17.8. The topological polar surface area (TPSA) is 141 Å². The largest absolute Gasteiger partial charge is 0.374 e. The van der Waals surface area contributed by atoms with Gasteiger partial charge < -0.3 is 21.3 Å². The van der Waals surface area contributed by atoms with E-state index in [0.717, 1.165) is 6.42 Å². The first-order valence-corrected chi connectivity index (χ1v) is 10.1. The van der Waals surface area contributed by atoms with Crippen molar-refractivity contribution < 1.29 is 18.8 Å². The van der Waals surface area contributed by atoms with Crippen molar-refractivity contribution in [3.63, 3.8) is 0 Å². The maximum absolute atomic E-state index is 13.7. The van der Waals surface area contributed by atoms with Crippen LogP contribution in [0.4, 0.5) is 10.1 Å². The third-order valence-electron chi connectivity index (χ3n) is 5.64. The van der Waals surface area contributed by atoms with Gasteiger partial charge in [-0.25, -0.2) is 4.39 Å². The summed E-state index contributed by atoms with van der Waals surface area (Å²) in [7, 11) is 0. The SMILES string of the molecule is CC(C)=C(F)CNC(=O)[C@@H]1C[C@H]2C[C@H]2N1C(=O)CNc1cnc(C)cc1C(=N)C(N)=O. The number of halogens is 1. The molecular weight excluding hydrogens is 403 g/mol. The lowest BCUT2D eigenvalue weighted by Gasteiger charge is -2.27. The van der Waals surface area contributed by atoms with Crippen molar-refractivity contribution in [3.05, 3.63) is 34.9 Å². The van der Waals surface area contributed by atoms with Crippen molar-refractivity contribution in [2.75, 3.05) is 18.4 Å². The zero-order valence-electron chi connectivity index (χ0n) is 17.8. The Kier molecular flexibility index (Phi) is 6.37. The Balaban J connectivity index is 1.67. The highest BCUT2D eigenvalue weighted by molar-refractivity contribution is 6.44. The molecule has 0 spiro atoms. The molecule has 0 radical (unpaired) electrons. The van der Waals surface area contributed by atoms with Gasteiger partial charge in [0.25, 0.3) is 5.91 Å².